The zero-order valence-electron chi connectivity index (χ0n) is 14.7. The molecule has 3 rings (SSSR count). The predicted octanol–water partition coefficient (Wildman–Crippen LogP) is 3.55. The maximum atomic E-state index is 13.2. The molecule has 0 aliphatic carbocycles. The first-order chi connectivity index (χ1) is 12.3. The van der Waals surface area contributed by atoms with Crippen molar-refractivity contribution in [1.29, 1.82) is 0 Å². The van der Waals surface area contributed by atoms with Gasteiger partial charge in [0.15, 0.2) is 5.82 Å². The Bertz CT molecular complexity index is 915. The van der Waals surface area contributed by atoms with Gasteiger partial charge < -0.3 is 9.80 Å². The summed E-state index contributed by atoms with van der Waals surface area (Å²) >= 11 is 0. The highest BCUT2D eigenvalue weighted by Gasteiger charge is 2.37. The minimum absolute atomic E-state index is 0.449. The van der Waals surface area contributed by atoms with Crippen molar-refractivity contribution in [2.45, 2.75) is 20.0 Å². The number of rotatable bonds is 3. The lowest BCUT2D eigenvalue weighted by atomic mass is 10.2. The van der Waals surface area contributed by atoms with E-state index in [9.17, 15) is 18.0 Å². The maximum Gasteiger partial charge on any atom is 0.433 e. The van der Waals surface area contributed by atoms with E-state index in [1.807, 2.05) is 47.9 Å². The minimum Gasteiger partial charge on any atom is -0.320 e. The molecule has 1 aliphatic rings. The molecule has 5 nitrogen and oxygen atoms in total. The minimum atomic E-state index is -4.65. The fraction of sp³-hybridized carbons (Fsp3) is 0.333. The maximum absolute atomic E-state index is 13.2. The summed E-state index contributed by atoms with van der Waals surface area (Å²) in [5.74, 6) is 0.618. The van der Waals surface area contributed by atoms with Crippen molar-refractivity contribution < 1.29 is 13.2 Å². The summed E-state index contributed by atoms with van der Waals surface area (Å²) in [7, 11) is 1.25. The molecule has 2 aromatic rings. The van der Waals surface area contributed by atoms with E-state index in [4.69, 9.17) is 0 Å². The first kappa shape index (κ1) is 17.9. The molecule has 0 unspecified atom stereocenters. The average molecular weight is 364 g/mol. The molecule has 0 atom stereocenters. The van der Waals surface area contributed by atoms with Gasteiger partial charge in [-0.1, -0.05) is 17.9 Å². The van der Waals surface area contributed by atoms with Crippen molar-refractivity contribution >= 4 is 17.5 Å². The number of nitrogens with one attached hydrogen (secondary N) is 1. The summed E-state index contributed by atoms with van der Waals surface area (Å²) < 4.78 is 40.4. The SMILES string of the molecule is CCN1C(=C=Cc2c(C(F)(F)F)[nH]n(C)c2=O)N(CC)c2ccccc21. The molecular formula is C18H19F3N4O. The van der Waals surface area contributed by atoms with E-state index in [0.29, 0.717) is 18.9 Å². The lowest BCUT2D eigenvalue weighted by Crippen LogP contribution is -2.27. The molecule has 138 valence electrons. The molecule has 0 saturated carbocycles. The fourth-order valence-electron chi connectivity index (χ4n) is 3.14. The van der Waals surface area contributed by atoms with Crippen LogP contribution in [0.25, 0.3) is 6.08 Å². The monoisotopic (exact) mass is 364 g/mol. The number of H-pyrrole nitrogens is 1. The van der Waals surface area contributed by atoms with Gasteiger partial charge in [-0.15, -0.1) is 0 Å². The summed E-state index contributed by atoms with van der Waals surface area (Å²) in [6, 6.07) is 7.72. The second-order valence-electron chi connectivity index (χ2n) is 5.85. The molecule has 2 heterocycles. The Hall–Kier alpha value is -2.86. The Labute approximate surface area is 148 Å². The molecule has 0 fully saturated rings. The second kappa shape index (κ2) is 6.46. The standard InChI is InChI=1S/C18H19F3N4O/c1-4-24-13-8-6-7-9-14(13)25(5-2)15(24)11-10-12-16(18(19,20)21)22-23(3)17(12)26/h6-10,22H,4-5H2,1-3H3. The van der Waals surface area contributed by atoms with Gasteiger partial charge in [-0.2, -0.15) is 13.2 Å². The fourth-order valence-corrected chi connectivity index (χ4v) is 3.14. The summed E-state index contributed by atoms with van der Waals surface area (Å²) in [6.07, 6.45) is -3.53. The highest BCUT2D eigenvalue weighted by molar-refractivity contribution is 5.82. The number of halogens is 3. The Balaban J connectivity index is 2.18. The first-order valence-electron chi connectivity index (χ1n) is 8.26. The quantitative estimate of drug-likeness (QED) is 0.847. The van der Waals surface area contributed by atoms with Gasteiger partial charge in [-0.05, 0) is 32.1 Å². The Morgan fingerprint density at radius 2 is 1.65 bits per heavy atom. The van der Waals surface area contributed by atoms with E-state index in [1.165, 1.54) is 7.05 Å². The third-order valence-electron chi connectivity index (χ3n) is 4.32. The van der Waals surface area contributed by atoms with E-state index >= 15 is 0 Å². The third-order valence-corrected chi connectivity index (χ3v) is 4.32. The van der Waals surface area contributed by atoms with Crippen molar-refractivity contribution in [1.82, 2.24) is 9.78 Å². The van der Waals surface area contributed by atoms with Gasteiger partial charge in [-0.25, -0.2) is 0 Å². The van der Waals surface area contributed by atoms with Crippen LogP contribution in [0.1, 0.15) is 25.1 Å². The normalized spacial score (nSPS) is 13.8. The lowest BCUT2D eigenvalue weighted by molar-refractivity contribution is -0.141. The molecule has 0 spiro atoms. The van der Waals surface area contributed by atoms with Crippen molar-refractivity contribution in [3.05, 3.63) is 57.4 Å². The molecule has 1 aromatic heterocycles. The van der Waals surface area contributed by atoms with E-state index in [1.54, 1.807) is 0 Å². The molecule has 0 amide bonds. The number of hydrogen-bond acceptors (Lipinski definition) is 3. The van der Waals surface area contributed by atoms with Crippen LogP contribution in [0.5, 0.6) is 0 Å². The van der Waals surface area contributed by atoms with Crippen LogP contribution in [0, 0.1) is 0 Å². The van der Waals surface area contributed by atoms with Crippen LogP contribution in [0.3, 0.4) is 0 Å². The second-order valence-corrected chi connectivity index (χ2v) is 5.85. The van der Waals surface area contributed by atoms with Crippen LogP contribution in [0.4, 0.5) is 24.5 Å². The topological polar surface area (TPSA) is 44.3 Å². The van der Waals surface area contributed by atoms with Crippen molar-refractivity contribution in [3.8, 4) is 0 Å². The average Bonchev–Trinajstić information content (AvgIpc) is 3.07. The number of anilines is 2. The largest absolute Gasteiger partial charge is 0.433 e. The van der Waals surface area contributed by atoms with Gasteiger partial charge in [0.05, 0.1) is 16.9 Å². The van der Waals surface area contributed by atoms with Crippen LogP contribution in [-0.4, -0.2) is 22.9 Å². The van der Waals surface area contributed by atoms with Gasteiger partial charge in [0.2, 0.25) is 0 Å². The Kier molecular flexibility index (Phi) is 4.46. The number of benzene rings is 1. The van der Waals surface area contributed by atoms with Gasteiger partial charge in [0, 0.05) is 20.1 Å². The number of nitrogens with zero attached hydrogens (tertiary/aromatic N) is 3. The van der Waals surface area contributed by atoms with E-state index in [0.717, 1.165) is 22.1 Å². The Morgan fingerprint density at radius 1 is 1.12 bits per heavy atom. The summed E-state index contributed by atoms with van der Waals surface area (Å²) in [4.78, 5) is 16.0. The summed E-state index contributed by atoms with van der Waals surface area (Å²) in [5, 5.41) is 2.07. The molecule has 8 heteroatoms. The number of aromatic nitrogens is 2. The van der Waals surface area contributed by atoms with Gasteiger partial charge >= 0.3 is 6.18 Å². The molecule has 26 heavy (non-hydrogen) atoms. The predicted molar refractivity (Wildman–Crippen MR) is 95.0 cm³/mol. The lowest BCUT2D eigenvalue weighted by Gasteiger charge is -2.21. The molecule has 0 bridgehead atoms. The summed E-state index contributed by atoms with van der Waals surface area (Å²) in [5.41, 5.74) is 2.59. The van der Waals surface area contributed by atoms with E-state index < -0.39 is 23.0 Å². The van der Waals surface area contributed by atoms with Gasteiger partial charge in [0.1, 0.15) is 5.69 Å². The highest BCUT2D eigenvalue weighted by atomic mass is 19.4. The number of hydrogen-bond donors (Lipinski definition) is 1. The zero-order chi connectivity index (χ0) is 19.1. The molecular weight excluding hydrogens is 345 g/mol. The van der Waals surface area contributed by atoms with Crippen LogP contribution in [0.2, 0.25) is 0 Å². The van der Waals surface area contributed by atoms with Crippen molar-refractivity contribution in [3.63, 3.8) is 0 Å². The van der Waals surface area contributed by atoms with Crippen LogP contribution < -0.4 is 15.4 Å². The van der Waals surface area contributed by atoms with Crippen molar-refractivity contribution in [2.75, 3.05) is 22.9 Å². The number of alkyl halides is 3. The number of aromatic amines is 1. The number of aryl methyl sites for hydroxylation is 1. The van der Waals surface area contributed by atoms with Gasteiger partial charge in [-0.3, -0.25) is 14.6 Å². The molecule has 0 radical (unpaired) electrons. The van der Waals surface area contributed by atoms with E-state index in [2.05, 4.69) is 10.8 Å². The highest BCUT2D eigenvalue weighted by Crippen LogP contribution is 2.40. The van der Waals surface area contributed by atoms with Crippen LogP contribution in [0.15, 0.2) is 40.6 Å². The number of fused-ring (bicyclic) bond motifs is 1. The molecule has 0 saturated heterocycles. The van der Waals surface area contributed by atoms with Crippen molar-refractivity contribution in [2.24, 2.45) is 7.05 Å². The summed E-state index contributed by atoms with van der Waals surface area (Å²) in [6.45, 7) is 5.16. The smallest absolute Gasteiger partial charge is 0.320 e. The first-order valence-corrected chi connectivity index (χ1v) is 8.26. The van der Waals surface area contributed by atoms with Gasteiger partial charge in [0.25, 0.3) is 5.56 Å². The molecule has 1 aliphatic heterocycles. The molecule has 1 aromatic carbocycles. The molecule has 1 N–H and O–H groups in total. The van der Waals surface area contributed by atoms with Crippen LogP contribution in [-0.2, 0) is 13.2 Å². The number of para-hydroxylation sites is 2. The zero-order valence-corrected chi connectivity index (χ0v) is 14.7. The van der Waals surface area contributed by atoms with Crippen LogP contribution >= 0.6 is 0 Å². The van der Waals surface area contributed by atoms with E-state index in [-0.39, 0.29) is 0 Å². The third kappa shape index (κ3) is 2.82. The Morgan fingerprint density at radius 3 is 2.12 bits per heavy atom.